The van der Waals surface area contributed by atoms with Gasteiger partial charge >= 0.3 is 6.18 Å². The van der Waals surface area contributed by atoms with Crippen LogP contribution in [0.2, 0.25) is 0 Å². The number of nitrogens with one attached hydrogen (secondary N) is 1. The quantitative estimate of drug-likeness (QED) is 0.539. The van der Waals surface area contributed by atoms with Crippen LogP contribution in [0.15, 0.2) is 58.3 Å². The number of aromatic nitrogens is 2. The molecule has 0 saturated carbocycles. The van der Waals surface area contributed by atoms with E-state index in [4.69, 9.17) is 4.42 Å². The molecular weight excluding hydrogens is 403 g/mol. The van der Waals surface area contributed by atoms with Crippen molar-refractivity contribution in [3.8, 4) is 0 Å². The summed E-state index contributed by atoms with van der Waals surface area (Å²) in [6.45, 7) is 0.315. The number of halogens is 3. The number of carbonyl (C=O) groups is 1. The van der Waals surface area contributed by atoms with E-state index < -0.39 is 18.6 Å². The summed E-state index contributed by atoms with van der Waals surface area (Å²) in [5.74, 6) is -0.497. The molecule has 0 saturated heterocycles. The Morgan fingerprint density at radius 3 is 2.62 bits per heavy atom. The molecule has 0 aliphatic heterocycles. The van der Waals surface area contributed by atoms with E-state index in [1.165, 1.54) is 12.3 Å². The Labute approximate surface area is 170 Å². The lowest BCUT2D eigenvalue weighted by Crippen LogP contribution is -2.39. The minimum atomic E-state index is -4.49. The van der Waals surface area contributed by atoms with Crippen LogP contribution in [0, 0.1) is 6.92 Å². The summed E-state index contributed by atoms with van der Waals surface area (Å²) in [5.41, 5.74) is 2.81. The van der Waals surface area contributed by atoms with E-state index >= 15 is 0 Å². The number of H-pyrrole nitrogens is 1. The van der Waals surface area contributed by atoms with Gasteiger partial charge in [0, 0.05) is 12.1 Å². The molecule has 5 nitrogen and oxygen atoms in total. The van der Waals surface area contributed by atoms with E-state index in [0.717, 1.165) is 33.6 Å². The van der Waals surface area contributed by atoms with Crippen molar-refractivity contribution in [2.45, 2.75) is 31.2 Å². The van der Waals surface area contributed by atoms with Crippen LogP contribution in [0.25, 0.3) is 0 Å². The van der Waals surface area contributed by atoms with Crippen LogP contribution in [-0.2, 0) is 17.8 Å². The number of nitrogens with zero attached hydrogens (tertiary/aromatic N) is 2. The third kappa shape index (κ3) is 6.42. The Morgan fingerprint density at radius 1 is 1.21 bits per heavy atom. The minimum Gasteiger partial charge on any atom is -0.467 e. The van der Waals surface area contributed by atoms with Gasteiger partial charge in [-0.3, -0.25) is 4.79 Å². The predicted molar refractivity (Wildman–Crippen MR) is 103 cm³/mol. The summed E-state index contributed by atoms with van der Waals surface area (Å²) in [6.07, 6.45) is -2.49. The molecule has 0 spiro atoms. The third-order valence-corrected chi connectivity index (χ3v) is 5.02. The molecule has 0 bridgehead atoms. The fraction of sp³-hybridized carbons (Fsp3) is 0.300. The first-order valence-electron chi connectivity index (χ1n) is 8.89. The lowest BCUT2D eigenvalue weighted by atomic mass is 10.1. The molecule has 1 amide bonds. The number of imidazole rings is 1. The monoisotopic (exact) mass is 423 g/mol. The lowest BCUT2D eigenvalue weighted by molar-refractivity contribution is -0.161. The second kappa shape index (κ2) is 9.21. The van der Waals surface area contributed by atoms with E-state index in [1.54, 1.807) is 6.07 Å². The Kier molecular flexibility index (Phi) is 6.68. The summed E-state index contributed by atoms with van der Waals surface area (Å²) in [7, 11) is 0. The zero-order valence-electron chi connectivity index (χ0n) is 15.7. The minimum absolute atomic E-state index is 0.158. The zero-order chi connectivity index (χ0) is 20.9. The highest BCUT2D eigenvalue weighted by Gasteiger charge is 2.33. The van der Waals surface area contributed by atoms with Gasteiger partial charge in [0.05, 0.1) is 24.3 Å². The normalized spacial score (nSPS) is 11.6. The molecule has 29 heavy (non-hydrogen) atoms. The van der Waals surface area contributed by atoms with Gasteiger partial charge in [0.25, 0.3) is 0 Å². The first kappa shape index (κ1) is 21.0. The summed E-state index contributed by atoms with van der Waals surface area (Å²) in [6, 6.07) is 12.9. The van der Waals surface area contributed by atoms with Crippen molar-refractivity contribution >= 4 is 17.7 Å². The first-order chi connectivity index (χ1) is 13.8. The molecule has 0 aliphatic carbocycles. The second-order valence-electron chi connectivity index (χ2n) is 6.51. The summed E-state index contributed by atoms with van der Waals surface area (Å²) < 4.78 is 43.7. The fourth-order valence-electron chi connectivity index (χ4n) is 2.76. The highest BCUT2D eigenvalue weighted by Crippen LogP contribution is 2.22. The standard InChI is InChI=1S/C20H20F3N3O2S/c1-14-17(10-15-6-3-2-4-7-15)25-19(24-14)29-12-18(27)26(13-20(21,22)23)11-16-8-5-9-28-16/h2-9H,10-13H2,1H3,(H,24,25). The molecule has 1 N–H and O–H groups in total. The van der Waals surface area contributed by atoms with Gasteiger partial charge in [0.2, 0.25) is 5.91 Å². The molecule has 0 aliphatic rings. The van der Waals surface area contributed by atoms with Gasteiger partial charge in [-0.05, 0) is 24.6 Å². The number of aryl methyl sites for hydroxylation is 1. The number of alkyl halides is 3. The van der Waals surface area contributed by atoms with E-state index in [0.29, 0.717) is 17.3 Å². The maximum atomic E-state index is 12.9. The summed E-state index contributed by atoms with van der Waals surface area (Å²) >= 11 is 1.09. The molecule has 9 heteroatoms. The topological polar surface area (TPSA) is 62.1 Å². The molecule has 2 heterocycles. The second-order valence-corrected chi connectivity index (χ2v) is 7.47. The van der Waals surface area contributed by atoms with Crippen LogP contribution in [0.3, 0.4) is 0 Å². The maximum Gasteiger partial charge on any atom is 0.406 e. The van der Waals surface area contributed by atoms with Crippen LogP contribution in [-0.4, -0.2) is 39.2 Å². The first-order valence-corrected chi connectivity index (χ1v) is 9.88. The number of hydrogen-bond donors (Lipinski definition) is 1. The number of thioether (sulfide) groups is 1. The van der Waals surface area contributed by atoms with Crippen molar-refractivity contribution in [3.63, 3.8) is 0 Å². The molecule has 3 rings (SSSR count). The molecular formula is C20H20F3N3O2S. The van der Waals surface area contributed by atoms with Crippen LogP contribution in [0.1, 0.15) is 22.7 Å². The molecule has 2 aromatic heterocycles. The van der Waals surface area contributed by atoms with Crippen LogP contribution >= 0.6 is 11.8 Å². The number of amides is 1. The van der Waals surface area contributed by atoms with Gasteiger partial charge in [-0.2, -0.15) is 13.2 Å². The molecule has 0 atom stereocenters. The SMILES string of the molecule is Cc1[nH]c(SCC(=O)N(Cc2ccco2)CC(F)(F)F)nc1Cc1ccccc1. The maximum absolute atomic E-state index is 12.9. The Hall–Kier alpha value is -2.68. The summed E-state index contributed by atoms with van der Waals surface area (Å²) in [5, 5.41) is 0.506. The molecule has 0 fully saturated rings. The number of carbonyl (C=O) groups excluding carboxylic acids is 1. The van der Waals surface area contributed by atoms with Crippen molar-refractivity contribution in [1.82, 2.24) is 14.9 Å². The Balaban J connectivity index is 1.62. The van der Waals surface area contributed by atoms with Gasteiger partial charge in [-0.25, -0.2) is 4.98 Å². The van der Waals surface area contributed by atoms with Gasteiger partial charge < -0.3 is 14.3 Å². The van der Waals surface area contributed by atoms with E-state index in [9.17, 15) is 18.0 Å². The van der Waals surface area contributed by atoms with Crippen molar-refractivity contribution in [3.05, 3.63) is 71.4 Å². The zero-order valence-corrected chi connectivity index (χ0v) is 16.5. The van der Waals surface area contributed by atoms with Gasteiger partial charge in [0.1, 0.15) is 12.3 Å². The van der Waals surface area contributed by atoms with Crippen molar-refractivity contribution in [1.29, 1.82) is 0 Å². The predicted octanol–water partition coefficient (Wildman–Crippen LogP) is 4.59. The van der Waals surface area contributed by atoms with E-state index in [1.807, 2.05) is 37.3 Å². The van der Waals surface area contributed by atoms with Crippen molar-refractivity contribution < 1.29 is 22.4 Å². The molecule has 1 aromatic carbocycles. The van der Waals surface area contributed by atoms with Gasteiger partial charge in [-0.1, -0.05) is 42.1 Å². The third-order valence-electron chi connectivity index (χ3n) is 4.16. The van der Waals surface area contributed by atoms with E-state index in [-0.39, 0.29) is 12.3 Å². The molecule has 3 aromatic rings. The van der Waals surface area contributed by atoms with Gasteiger partial charge in [0.15, 0.2) is 5.16 Å². The number of furan rings is 1. The van der Waals surface area contributed by atoms with Gasteiger partial charge in [-0.15, -0.1) is 0 Å². The highest BCUT2D eigenvalue weighted by atomic mass is 32.2. The fourth-order valence-corrected chi connectivity index (χ4v) is 3.60. The van der Waals surface area contributed by atoms with Crippen molar-refractivity contribution in [2.24, 2.45) is 0 Å². The Bertz CT molecular complexity index is 924. The lowest BCUT2D eigenvalue weighted by Gasteiger charge is -2.22. The Morgan fingerprint density at radius 2 is 1.97 bits per heavy atom. The van der Waals surface area contributed by atoms with Crippen LogP contribution < -0.4 is 0 Å². The van der Waals surface area contributed by atoms with Crippen LogP contribution in [0.4, 0.5) is 13.2 Å². The smallest absolute Gasteiger partial charge is 0.406 e. The molecule has 154 valence electrons. The van der Waals surface area contributed by atoms with E-state index in [2.05, 4.69) is 9.97 Å². The number of aromatic amines is 1. The number of hydrogen-bond acceptors (Lipinski definition) is 4. The van der Waals surface area contributed by atoms with Crippen LogP contribution in [0.5, 0.6) is 0 Å². The summed E-state index contributed by atoms with van der Waals surface area (Å²) in [4.78, 5) is 20.7. The number of rotatable bonds is 8. The average Bonchev–Trinajstić information content (AvgIpc) is 3.29. The molecule has 0 radical (unpaired) electrons. The van der Waals surface area contributed by atoms with Crippen molar-refractivity contribution in [2.75, 3.05) is 12.3 Å². The number of benzene rings is 1. The largest absolute Gasteiger partial charge is 0.467 e. The molecule has 0 unspecified atom stereocenters. The highest BCUT2D eigenvalue weighted by molar-refractivity contribution is 7.99. The average molecular weight is 423 g/mol.